The lowest BCUT2D eigenvalue weighted by Gasteiger charge is -2.15. The molecule has 0 aliphatic carbocycles. The third-order valence-electron chi connectivity index (χ3n) is 3.89. The first-order valence-corrected chi connectivity index (χ1v) is 9.10. The fraction of sp³-hybridized carbons (Fsp3) is 0.316. The van der Waals surface area contributed by atoms with Crippen molar-refractivity contribution in [3.8, 4) is 11.5 Å². The number of fused-ring (bicyclic) bond motifs is 1. The van der Waals surface area contributed by atoms with Crippen molar-refractivity contribution < 1.29 is 19.4 Å². The van der Waals surface area contributed by atoms with Gasteiger partial charge in [0.2, 0.25) is 5.91 Å². The first kappa shape index (κ1) is 17.5. The topological polar surface area (TPSA) is 67.8 Å². The molecular weight excluding hydrogens is 338 g/mol. The normalized spacial score (nSPS) is 15.0. The molecule has 1 aromatic heterocycles. The van der Waals surface area contributed by atoms with Gasteiger partial charge in [-0.15, -0.1) is 11.3 Å². The number of ether oxygens (including phenoxy) is 2. The number of hydrogen-bond acceptors (Lipinski definition) is 5. The van der Waals surface area contributed by atoms with Crippen molar-refractivity contribution in [2.24, 2.45) is 0 Å². The number of aliphatic hydroxyl groups is 1. The third-order valence-corrected chi connectivity index (χ3v) is 4.83. The summed E-state index contributed by atoms with van der Waals surface area (Å²) in [6.45, 7) is 3.23. The van der Waals surface area contributed by atoms with Crippen LogP contribution in [-0.2, 0) is 11.4 Å². The number of carbonyl (C=O) groups is 1. The Morgan fingerprint density at radius 3 is 2.88 bits per heavy atom. The highest BCUT2D eigenvalue weighted by Gasteiger charge is 2.14. The molecule has 1 atom stereocenters. The summed E-state index contributed by atoms with van der Waals surface area (Å²) in [7, 11) is 0. The molecule has 1 unspecified atom stereocenters. The fourth-order valence-corrected chi connectivity index (χ4v) is 3.31. The number of carbonyl (C=O) groups excluding carboxylic acids is 1. The lowest BCUT2D eigenvalue weighted by atomic mass is 10.1. The van der Waals surface area contributed by atoms with Crippen LogP contribution in [0.25, 0.3) is 6.08 Å². The van der Waals surface area contributed by atoms with Crippen LogP contribution in [0.3, 0.4) is 0 Å². The lowest BCUT2D eigenvalue weighted by Crippen LogP contribution is -2.24. The summed E-state index contributed by atoms with van der Waals surface area (Å²) < 4.78 is 11.3. The SMILES string of the molecule is CC(NC(=O)/C=C/c1cc(CO)cs1)c1ccc2c(c1)OCCCO2. The smallest absolute Gasteiger partial charge is 0.244 e. The first-order valence-electron chi connectivity index (χ1n) is 8.22. The van der Waals surface area contributed by atoms with Gasteiger partial charge in [0, 0.05) is 17.4 Å². The van der Waals surface area contributed by atoms with Gasteiger partial charge in [0.25, 0.3) is 0 Å². The van der Waals surface area contributed by atoms with Gasteiger partial charge >= 0.3 is 0 Å². The van der Waals surface area contributed by atoms with Gasteiger partial charge in [0.05, 0.1) is 25.9 Å². The van der Waals surface area contributed by atoms with Gasteiger partial charge in [-0.3, -0.25) is 4.79 Å². The predicted molar refractivity (Wildman–Crippen MR) is 97.9 cm³/mol. The second-order valence-electron chi connectivity index (χ2n) is 5.84. The monoisotopic (exact) mass is 359 g/mol. The van der Waals surface area contributed by atoms with Crippen molar-refractivity contribution >= 4 is 23.3 Å². The van der Waals surface area contributed by atoms with Crippen LogP contribution in [0.5, 0.6) is 11.5 Å². The average molecular weight is 359 g/mol. The first-order chi connectivity index (χ1) is 12.2. The molecule has 2 heterocycles. The van der Waals surface area contributed by atoms with E-state index in [4.69, 9.17) is 14.6 Å². The maximum Gasteiger partial charge on any atom is 0.244 e. The Balaban J connectivity index is 1.62. The molecule has 1 aliphatic rings. The van der Waals surface area contributed by atoms with Crippen LogP contribution in [0.4, 0.5) is 0 Å². The fourth-order valence-electron chi connectivity index (χ4n) is 2.52. The van der Waals surface area contributed by atoms with E-state index in [2.05, 4.69) is 5.32 Å². The molecule has 1 aromatic carbocycles. The number of thiophene rings is 1. The van der Waals surface area contributed by atoms with Crippen LogP contribution in [-0.4, -0.2) is 24.2 Å². The van der Waals surface area contributed by atoms with Gasteiger partial charge in [0.1, 0.15) is 0 Å². The highest BCUT2D eigenvalue weighted by atomic mass is 32.1. The summed E-state index contributed by atoms with van der Waals surface area (Å²) in [6, 6.07) is 7.46. The molecule has 3 rings (SSSR count). The van der Waals surface area contributed by atoms with Gasteiger partial charge in [0.15, 0.2) is 11.5 Å². The largest absolute Gasteiger partial charge is 0.490 e. The van der Waals surface area contributed by atoms with E-state index in [1.165, 1.54) is 17.4 Å². The minimum atomic E-state index is -0.168. The molecule has 25 heavy (non-hydrogen) atoms. The van der Waals surface area contributed by atoms with Gasteiger partial charge in [-0.25, -0.2) is 0 Å². The number of hydrogen-bond donors (Lipinski definition) is 2. The predicted octanol–water partition coefficient (Wildman–Crippen LogP) is 3.29. The minimum Gasteiger partial charge on any atom is -0.490 e. The summed E-state index contributed by atoms with van der Waals surface area (Å²) in [4.78, 5) is 13.1. The Hall–Kier alpha value is -2.31. The standard InChI is InChI=1S/C19H21NO4S/c1-13(15-3-5-17-18(10-15)24-8-2-7-23-17)20-19(22)6-4-16-9-14(11-21)12-25-16/h3-6,9-10,12-13,21H,2,7-8,11H2,1H3,(H,20,22)/b6-4+. The summed E-state index contributed by atoms with van der Waals surface area (Å²) in [6.07, 6.45) is 4.12. The zero-order valence-electron chi connectivity index (χ0n) is 14.0. The summed E-state index contributed by atoms with van der Waals surface area (Å²) >= 11 is 1.49. The Kier molecular flexibility index (Phi) is 5.73. The van der Waals surface area contributed by atoms with Crippen molar-refractivity contribution in [2.75, 3.05) is 13.2 Å². The molecule has 0 bridgehead atoms. The molecule has 0 saturated carbocycles. The van der Waals surface area contributed by atoms with Gasteiger partial charge in [-0.1, -0.05) is 6.07 Å². The quantitative estimate of drug-likeness (QED) is 0.804. The highest BCUT2D eigenvalue weighted by molar-refractivity contribution is 7.11. The average Bonchev–Trinajstić information content (AvgIpc) is 2.95. The van der Waals surface area contributed by atoms with Crippen molar-refractivity contribution in [2.45, 2.75) is 26.0 Å². The molecule has 6 heteroatoms. The Labute approximate surface area is 150 Å². The lowest BCUT2D eigenvalue weighted by molar-refractivity contribution is -0.117. The van der Waals surface area contributed by atoms with E-state index in [-0.39, 0.29) is 18.6 Å². The summed E-state index contributed by atoms with van der Waals surface area (Å²) in [5.74, 6) is 1.30. The molecular formula is C19H21NO4S. The third kappa shape index (κ3) is 4.61. The molecule has 5 nitrogen and oxygen atoms in total. The van der Waals surface area contributed by atoms with E-state index in [1.807, 2.05) is 36.6 Å². The van der Waals surface area contributed by atoms with E-state index >= 15 is 0 Å². The van der Waals surface area contributed by atoms with E-state index in [0.29, 0.717) is 13.2 Å². The number of nitrogens with one attached hydrogen (secondary N) is 1. The molecule has 1 amide bonds. The van der Waals surface area contributed by atoms with E-state index in [0.717, 1.165) is 33.9 Å². The van der Waals surface area contributed by atoms with E-state index in [9.17, 15) is 4.79 Å². The van der Waals surface area contributed by atoms with Gasteiger partial charge in [-0.05, 0) is 47.7 Å². The summed E-state index contributed by atoms with van der Waals surface area (Å²) in [5, 5.41) is 13.9. The Morgan fingerprint density at radius 1 is 1.32 bits per heavy atom. The van der Waals surface area contributed by atoms with Crippen molar-refractivity contribution in [1.82, 2.24) is 5.32 Å². The molecule has 132 valence electrons. The van der Waals surface area contributed by atoms with E-state index in [1.54, 1.807) is 6.08 Å². The highest BCUT2D eigenvalue weighted by Crippen LogP contribution is 2.32. The van der Waals surface area contributed by atoms with Crippen LogP contribution < -0.4 is 14.8 Å². The van der Waals surface area contributed by atoms with Gasteiger partial charge in [-0.2, -0.15) is 0 Å². The zero-order chi connectivity index (χ0) is 17.6. The number of rotatable bonds is 5. The maximum atomic E-state index is 12.1. The molecule has 0 radical (unpaired) electrons. The molecule has 0 fully saturated rings. The number of aliphatic hydroxyl groups excluding tert-OH is 1. The molecule has 1 aliphatic heterocycles. The second kappa shape index (κ2) is 8.18. The molecule has 2 N–H and O–H groups in total. The zero-order valence-corrected chi connectivity index (χ0v) is 14.8. The number of amides is 1. The van der Waals surface area contributed by atoms with Crippen LogP contribution in [0.1, 0.15) is 35.4 Å². The maximum absolute atomic E-state index is 12.1. The van der Waals surface area contributed by atoms with Crippen LogP contribution in [0.2, 0.25) is 0 Å². The minimum absolute atomic E-state index is 0.0116. The summed E-state index contributed by atoms with van der Waals surface area (Å²) in [5.41, 5.74) is 1.82. The van der Waals surface area contributed by atoms with Crippen LogP contribution in [0, 0.1) is 0 Å². The molecule has 0 spiro atoms. The van der Waals surface area contributed by atoms with Crippen LogP contribution in [0.15, 0.2) is 35.7 Å². The number of benzene rings is 1. The van der Waals surface area contributed by atoms with Crippen molar-refractivity contribution in [3.63, 3.8) is 0 Å². The van der Waals surface area contributed by atoms with Gasteiger partial charge < -0.3 is 19.9 Å². The molecule has 2 aromatic rings. The Bertz CT molecular complexity index is 769. The Morgan fingerprint density at radius 2 is 2.12 bits per heavy atom. The van der Waals surface area contributed by atoms with Crippen molar-refractivity contribution in [3.05, 3.63) is 51.7 Å². The van der Waals surface area contributed by atoms with Crippen molar-refractivity contribution in [1.29, 1.82) is 0 Å². The van der Waals surface area contributed by atoms with Crippen LogP contribution >= 0.6 is 11.3 Å². The van der Waals surface area contributed by atoms with E-state index < -0.39 is 0 Å². The second-order valence-corrected chi connectivity index (χ2v) is 6.78. The molecule has 0 saturated heterocycles.